The van der Waals surface area contributed by atoms with Crippen molar-refractivity contribution >= 4 is 57.0 Å². The number of nitrogens with one attached hydrogen (secondary N) is 1. The lowest BCUT2D eigenvalue weighted by atomic mass is 10.1. The van der Waals surface area contributed by atoms with Gasteiger partial charge in [-0.1, -0.05) is 53.0 Å². The van der Waals surface area contributed by atoms with E-state index in [9.17, 15) is 26.4 Å². The van der Waals surface area contributed by atoms with Crippen LogP contribution in [-0.4, -0.2) is 20.5 Å². The summed E-state index contributed by atoms with van der Waals surface area (Å²) in [5.41, 5.74) is 0.722. The summed E-state index contributed by atoms with van der Waals surface area (Å²) >= 11 is 18.0. The highest BCUT2D eigenvalue weighted by Crippen LogP contribution is 2.33. The number of hydrogen-bond acceptors (Lipinski definition) is 5. The van der Waals surface area contributed by atoms with E-state index in [1.54, 1.807) is 6.07 Å². The first-order valence-corrected chi connectivity index (χ1v) is 12.1. The number of alkyl halides is 3. The standard InChI is InChI=1S/C22H14Cl3F3N2O4S/c23-17-7-8-18(24)21(25)16(17)11-20(31)30-29-12-13-10-14(22(26,27)28)6-9-19(13)35(32,33)34-15-4-2-1-3-5-15/h1-10,12H,11H2,(H,30,31)/b29-12+. The van der Waals surface area contributed by atoms with Gasteiger partial charge >= 0.3 is 16.3 Å². The molecule has 13 heteroatoms. The van der Waals surface area contributed by atoms with Gasteiger partial charge in [-0.15, -0.1) is 0 Å². The fourth-order valence-electron chi connectivity index (χ4n) is 2.81. The normalized spacial score (nSPS) is 12.1. The lowest BCUT2D eigenvalue weighted by molar-refractivity contribution is -0.137. The first-order valence-electron chi connectivity index (χ1n) is 9.53. The minimum Gasteiger partial charge on any atom is -0.379 e. The number of carbonyl (C=O) groups excluding carboxylic acids is 1. The Bertz CT molecular complexity index is 1380. The monoisotopic (exact) mass is 564 g/mol. The van der Waals surface area contributed by atoms with Crippen molar-refractivity contribution in [3.05, 3.63) is 92.4 Å². The van der Waals surface area contributed by atoms with Gasteiger partial charge in [0, 0.05) is 16.1 Å². The molecule has 0 aliphatic carbocycles. The van der Waals surface area contributed by atoms with Gasteiger partial charge in [-0.2, -0.15) is 26.7 Å². The topological polar surface area (TPSA) is 84.8 Å². The maximum atomic E-state index is 13.2. The third-order valence-electron chi connectivity index (χ3n) is 4.42. The minimum absolute atomic E-state index is 0.0427. The number of hydrogen-bond donors (Lipinski definition) is 1. The smallest absolute Gasteiger partial charge is 0.379 e. The van der Waals surface area contributed by atoms with Gasteiger partial charge in [0.15, 0.2) is 0 Å². The molecule has 0 fully saturated rings. The number of halogens is 6. The molecule has 0 aliphatic heterocycles. The molecule has 0 bridgehead atoms. The number of benzene rings is 3. The summed E-state index contributed by atoms with van der Waals surface area (Å²) < 4.78 is 70.1. The molecule has 3 rings (SSSR count). The van der Waals surface area contributed by atoms with Crippen molar-refractivity contribution in [2.45, 2.75) is 17.5 Å². The van der Waals surface area contributed by atoms with E-state index >= 15 is 0 Å². The Morgan fingerprint density at radius 3 is 2.31 bits per heavy atom. The molecule has 0 radical (unpaired) electrons. The zero-order valence-corrected chi connectivity index (χ0v) is 20.4. The quantitative estimate of drug-likeness (QED) is 0.162. The largest absolute Gasteiger partial charge is 0.416 e. The van der Waals surface area contributed by atoms with E-state index in [2.05, 4.69) is 10.5 Å². The second-order valence-electron chi connectivity index (χ2n) is 6.89. The van der Waals surface area contributed by atoms with Crippen LogP contribution in [0, 0.1) is 0 Å². The van der Waals surface area contributed by atoms with Crippen LogP contribution in [0.3, 0.4) is 0 Å². The number of carbonyl (C=O) groups is 1. The molecule has 0 saturated heterocycles. The van der Waals surface area contributed by atoms with Gasteiger partial charge in [0.2, 0.25) is 5.91 Å². The maximum absolute atomic E-state index is 13.2. The molecule has 0 unspecified atom stereocenters. The van der Waals surface area contributed by atoms with E-state index in [0.717, 1.165) is 12.3 Å². The first-order chi connectivity index (χ1) is 16.4. The number of nitrogens with zero attached hydrogens (tertiary/aromatic N) is 1. The highest BCUT2D eigenvalue weighted by atomic mass is 35.5. The zero-order valence-electron chi connectivity index (χ0n) is 17.3. The minimum atomic E-state index is -4.76. The van der Waals surface area contributed by atoms with Crippen LogP contribution >= 0.6 is 34.8 Å². The molecule has 1 amide bonds. The zero-order chi connectivity index (χ0) is 25.8. The Hall–Kier alpha value is -2.79. The van der Waals surface area contributed by atoms with Crippen LogP contribution in [0.4, 0.5) is 13.2 Å². The average Bonchev–Trinajstić information content (AvgIpc) is 2.79. The van der Waals surface area contributed by atoms with E-state index in [1.165, 1.54) is 36.4 Å². The van der Waals surface area contributed by atoms with Gasteiger partial charge in [0.25, 0.3) is 0 Å². The molecular weight excluding hydrogens is 552 g/mol. The van der Waals surface area contributed by atoms with Crippen LogP contribution < -0.4 is 9.61 Å². The molecule has 0 atom stereocenters. The van der Waals surface area contributed by atoms with Gasteiger partial charge in [-0.25, -0.2) is 5.43 Å². The van der Waals surface area contributed by atoms with Crippen molar-refractivity contribution in [1.82, 2.24) is 5.43 Å². The summed E-state index contributed by atoms with van der Waals surface area (Å²) in [6, 6.07) is 12.2. The Balaban J connectivity index is 1.88. The Morgan fingerprint density at radius 2 is 1.66 bits per heavy atom. The predicted octanol–water partition coefficient (Wildman–Crippen LogP) is 6.13. The van der Waals surface area contributed by atoms with E-state index in [4.69, 9.17) is 39.0 Å². The highest BCUT2D eigenvalue weighted by Gasteiger charge is 2.32. The molecule has 6 nitrogen and oxygen atoms in total. The summed E-state index contributed by atoms with van der Waals surface area (Å²) in [7, 11) is -4.54. The molecule has 35 heavy (non-hydrogen) atoms. The third kappa shape index (κ3) is 6.88. The maximum Gasteiger partial charge on any atom is 0.416 e. The summed E-state index contributed by atoms with van der Waals surface area (Å²) in [5, 5.41) is 3.99. The molecule has 0 aliphatic rings. The Morgan fingerprint density at radius 1 is 1.00 bits per heavy atom. The van der Waals surface area contributed by atoms with Gasteiger partial charge in [-0.05, 0) is 42.5 Å². The SMILES string of the molecule is O=C(Cc1c(Cl)ccc(Cl)c1Cl)N/N=C/c1cc(C(F)(F)F)ccc1S(=O)(=O)Oc1ccccc1. The third-order valence-corrected chi connectivity index (χ3v) is 6.94. The fraction of sp³-hybridized carbons (Fsp3) is 0.0909. The summed E-state index contributed by atoms with van der Waals surface area (Å²) in [4.78, 5) is 11.7. The summed E-state index contributed by atoms with van der Waals surface area (Å²) in [5.74, 6) is -0.775. The number of amides is 1. The lowest BCUT2D eigenvalue weighted by Crippen LogP contribution is -2.21. The summed E-state index contributed by atoms with van der Waals surface area (Å²) in [6.07, 6.45) is -4.34. The predicted molar refractivity (Wildman–Crippen MR) is 127 cm³/mol. The van der Waals surface area contributed by atoms with Crippen LogP contribution in [-0.2, 0) is 27.5 Å². The average molecular weight is 566 g/mol. The van der Waals surface area contributed by atoms with Crippen molar-refractivity contribution in [2.24, 2.45) is 5.10 Å². The molecule has 0 saturated carbocycles. The first kappa shape index (κ1) is 26.8. The van der Waals surface area contributed by atoms with E-state index < -0.39 is 38.2 Å². The fourth-order valence-corrected chi connectivity index (χ4v) is 4.58. The molecule has 0 aromatic heterocycles. The van der Waals surface area contributed by atoms with Crippen molar-refractivity contribution in [1.29, 1.82) is 0 Å². The van der Waals surface area contributed by atoms with E-state index in [1.807, 2.05) is 0 Å². The number of rotatable bonds is 7. The second-order valence-corrected chi connectivity index (χ2v) is 9.60. The Labute approximate surface area is 213 Å². The van der Waals surface area contributed by atoms with Crippen molar-refractivity contribution in [3.63, 3.8) is 0 Å². The van der Waals surface area contributed by atoms with E-state index in [0.29, 0.717) is 12.1 Å². The molecule has 3 aromatic carbocycles. The molecule has 184 valence electrons. The van der Waals surface area contributed by atoms with Gasteiger partial charge in [-0.3, -0.25) is 4.79 Å². The molecular formula is C22H14Cl3F3N2O4S. The molecule has 1 N–H and O–H groups in total. The number of para-hydroxylation sites is 1. The molecule has 0 spiro atoms. The van der Waals surface area contributed by atoms with Gasteiger partial charge in [0.05, 0.1) is 28.2 Å². The lowest BCUT2D eigenvalue weighted by Gasteiger charge is -2.12. The van der Waals surface area contributed by atoms with E-state index in [-0.39, 0.29) is 32.8 Å². The number of hydrazone groups is 1. The van der Waals surface area contributed by atoms with Gasteiger partial charge in [0.1, 0.15) is 10.6 Å². The highest BCUT2D eigenvalue weighted by molar-refractivity contribution is 7.87. The Kier molecular flexibility index (Phi) is 8.32. The van der Waals surface area contributed by atoms with Crippen LogP contribution in [0.25, 0.3) is 0 Å². The van der Waals surface area contributed by atoms with Crippen molar-refractivity contribution < 1.29 is 30.6 Å². The van der Waals surface area contributed by atoms with Crippen LogP contribution in [0.15, 0.2) is 70.7 Å². The molecule has 3 aromatic rings. The second kappa shape index (κ2) is 10.9. The van der Waals surface area contributed by atoms with Crippen LogP contribution in [0.1, 0.15) is 16.7 Å². The van der Waals surface area contributed by atoms with Crippen LogP contribution in [0.5, 0.6) is 5.75 Å². The summed E-state index contributed by atoms with van der Waals surface area (Å²) in [6.45, 7) is 0. The van der Waals surface area contributed by atoms with Gasteiger partial charge < -0.3 is 4.18 Å². The molecule has 0 heterocycles. The van der Waals surface area contributed by atoms with Crippen LogP contribution in [0.2, 0.25) is 15.1 Å². The van der Waals surface area contributed by atoms with Crippen molar-refractivity contribution in [3.8, 4) is 5.75 Å². The van der Waals surface area contributed by atoms with Crippen molar-refractivity contribution in [2.75, 3.05) is 0 Å².